The molecule has 0 atom stereocenters. The summed E-state index contributed by atoms with van der Waals surface area (Å²) < 4.78 is 23.9. The Balaban J connectivity index is 4.87. The van der Waals surface area contributed by atoms with Crippen LogP contribution in [0.5, 0.6) is 0 Å². The lowest BCUT2D eigenvalue weighted by molar-refractivity contribution is -0.538. The molecule has 0 aromatic rings. The van der Waals surface area contributed by atoms with Crippen molar-refractivity contribution in [2.75, 3.05) is 0 Å². The Morgan fingerprint density at radius 2 is 2.08 bits per heavy atom. The molecule has 0 saturated heterocycles. The van der Waals surface area contributed by atoms with Gasteiger partial charge in [-0.1, -0.05) is 5.16 Å². The first-order valence-corrected chi connectivity index (χ1v) is 2.99. The first-order chi connectivity index (χ1) is 5.34. The van der Waals surface area contributed by atoms with Crippen LogP contribution in [0.4, 0.5) is 8.78 Å². The van der Waals surface area contributed by atoms with E-state index in [9.17, 15) is 18.9 Å². The van der Waals surface area contributed by atoms with Crippen molar-refractivity contribution in [1.29, 1.82) is 0 Å². The topological polar surface area (TPSA) is 75.7 Å². The van der Waals surface area contributed by atoms with Gasteiger partial charge in [0.1, 0.15) is 0 Å². The van der Waals surface area contributed by atoms with Gasteiger partial charge >= 0.3 is 0 Å². The normalized spacial score (nSPS) is 13.6. The highest BCUT2D eigenvalue weighted by Gasteiger charge is 2.43. The van der Waals surface area contributed by atoms with Gasteiger partial charge in [-0.25, -0.2) is 8.78 Å². The molecule has 0 aromatic heterocycles. The summed E-state index contributed by atoms with van der Waals surface area (Å²) in [7, 11) is 0. The lowest BCUT2D eigenvalue weighted by atomic mass is 10.00. The molecular formula is C5H8F2N2O3. The Kier molecular flexibility index (Phi) is 3.06. The Morgan fingerprint density at radius 1 is 1.67 bits per heavy atom. The summed E-state index contributed by atoms with van der Waals surface area (Å²) in [6.07, 6.45) is -3.13. The average Bonchev–Trinajstić information content (AvgIpc) is 1.86. The van der Waals surface area contributed by atoms with E-state index in [0.717, 1.165) is 13.8 Å². The maximum absolute atomic E-state index is 12.0. The smallest absolute Gasteiger partial charge is 0.286 e. The fourth-order valence-electron chi connectivity index (χ4n) is 0.527. The summed E-state index contributed by atoms with van der Waals surface area (Å²) in [6.45, 7) is 1.88. The maximum Gasteiger partial charge on any atom is 0.286 e. The van der Waals surface area contributed by atoms with Gasteiger partial charge < -0.3 is 5.21 Å². The summed E-state index contributed by atoms with van der Waals surface area (Å²) in [6, 6.07) is 0. The molecule has 0 aliphatic rings. The number of nitrogens with zero attached hydrogens (tertiary/aromatic N) is 2. The van der Waals surface area contributed by atoms with Crippen LogP contribution in [0.15, 0.2) is 5.16 Å². The summed E-state index contributed by atoms with van der Waals surface area (Å²) in [5.74, 6) is 0. The number of rotatable bonds is 3. The number of hydrogen-bond donors (Lipinski definition) is 1. The Labute approximate surface area is 66.8 Å². The van der Waals surface area contributed by atoms with Crippen molar-refractivity contribution < 1.29 is 18.9 Å². The van der Waals surface area contributed by atoms with E-state index >= 15 is 0 Å². The van der Waals surface area contributed by atoms with E-state index in [1.165, 1.54) is 0 Å². The van der Waals surface area contributed by atoms with E-state index in [0.29, 0.717) is 0 Å². The number of halogens is 2. The molecule has 0 bridgehead atoms. The average molecular weight is 182 g/mol. The summed E-state index contributed by atoms with van der Waals surface area (Å²) >= 11 is 0. The van der Waals surface area contributed by atoms with Crippen molar-refractivity contribution >= 4 is 5.71 Å². The second kappa shape index (κ2) is 3.42. The molecule has 0 heterocycles. The van der Waals surface area contributed by atoms with Gasteiger partial charge in [-0.2, -0.15) is 0 Å². The Bertz CT molecular complexity index is 215. The van der Waals surface area contributed by atoms with Crippen molar-refractivity contribution in [2.24, 2.45) is 5.16 Å². The molecule has 0 amide bonds. The van der Waals surface area contributed by atoms with Gasteiger partial charge in [-0.05, 0) is 0 Å². The quantitative estimate of drug-likeness (QED) is 0.307. The zero-order chi connectivity index (χ0) is 9.94. The van der Waals surface area contributed by atoms with Gasteiger partial charge in [0.05, 0.1) is 0 Å². The number of alkyl halides is 2. The van der Waals surface area contributed by atoms with Crippen LogP contribution in [0.25, 0.3) is 0 Å². The lowest BCUT2D eigenvalue weighted by Gasteiger charge is -2.15. The minimum Gasteiger partial charge on any atom is -0.411 e. The number of hydrogen-bond acceptors (Lipinski definition) is 4. The van der Waals surface area contributed by atoms with Crippen LogP contribution in [-0.4, -0.2) is 27.8 Å². The van der Waals surface area contributed by atoms with E-state index in [1.807, 2.05) is 0 Å². The minimum absolute atomic E-state index is 0.936. The summed E-state index contributed by atoms with van der Waals surface area (Å²) in [5.41, 5.74) is -3.18. The molecule has 0 rings (SSSR count). The minimum atomic E-state index is -3.13. The predicted molar refractivity (Wildman–Crippen MR) is 36.3 cm³/mol. The standard InChI is InChI=1S/C5H8F2N2O3/c1-5(2,9(11)12)3(8-10)4(6)7/h4,10H,1-2H3. The largest absolute Gasteiger partial charge is 0.411 e. The van der Waals surface area contributed by atoms with Crippen molar-refractivity contribution in [3.05, 3.63) is 10.1 Å². The molecule has 0 fully saturated rings. The zero-order valence-corrected chi connectivity index (χ0v) is 6.49. The molecule has 12 heavy (non-hydrogen) atoms. The molecule has 0 spiro atoms. The second-order valence-corrected chi connectivity index (χ2v) is 2.60. The Morgan fingerprint density at radius 3 is 2.17 bits per heavy atom. The van der Waals surface area contributed by atoms with Crippen molar-refractivity contribution in [3.8, 4) is 0 Å². The van der Waals surface area contributed by atoms with Crippen LogP contribution < -0.4 is 0 Å². The second-order valence-electron chi connectivity index (χ2n) is 2.60. The SMILES string of the molecule is CC(C)(C(=NO)C(F)F)[N+](=O)[O-]. The maximum atomic E-state index is 12.0. The van der Waals surface area contributed by atoms with Gasteiger partial charge in [0.15, 0.2) is 5.71 Å². The van der Waals surface area contributed by atoms with Crippen LogP contribution in [0.2, 0.25) is 0 Å². The van der Waals surface area contributed by atoms with Gasteiger partial charge in [0.25, 0.3) is 12.0 Å². The molecule has 0 unspecified atom stereocenters. The predicted octanol–water partition coefficient (Wildman–Crippen LogP) is 1.14. The third-order valence-corrected chi connectivity index (χ3v) is 1.40. The van der Waals surface area contributed by atoms with Gasteiger partial charge in [0, 0.05) is 18.8 Å². The van der Waals surface area contributed by atoms with Crippen LogP contribution in [0.1, 0.15) is 13.8 Å². The molecule has 0 aliphatic heterocycles. The lowest BCUT2D eigenvalue weighted by Crippen LogP contribution is -2.44. The van der Waals surface area contributed by atoms with Crippen molar-refractivity contribution in [1.82, 2.24) is 0 Å². The number of oxime groups is 1. The van der Waals surface area contributed by atoms with Crippen molar-refractivity contribution in [3.63, 3.8) is 0 Å². The van der Waals surface area contributed by atoms with Crippen LogP contribution in [0, 0.1) is 10.1 Å². The first-order valence-electron chi connectivity index (χ1n) is 2.99. The van der Waals surface area contributed by atoms with E-state index < -0.39 is 22.6 Å². The highest BCUT2D eigenvalue weighted by Crippen LogP contribution is 2.15. The summed E-state index contributed by atoms with van der Waals surface area (Å²) in [5, 5.41) is 20.5. The zero-order valence-electron chi connectivity index (χ0n) is 6.49. The van der Waals surface area contributed by atoms with Gasteiger partial charge in [0.2, 0.25) is 0 Å². The van der Waals surface area contributed by atoms with Gasteiger partial charge in [-0.15, -0.1) is 0 Å². The fraction of sp³-hybridized carbons (Fsp3) is 0.800. The van der Waals surface area contributed by atoms with E-state index in [2.05, 4.69) is 5.16 Å². The fourth-order valence-corrected chi connectivity index (χ4v) is 0.527. The molecule has 0 aromatic carbocycles. The Hall–Kier alpha value is -1.27. The van der Waals surface area contributed by atoms with E-state index in [-0.39, 0.29) is 0 Å². The molecule has 5 nitrogen and oxygen atoms in total. The molecule has 0 saturated carbocycles. The first kappa shape index (κ1) is 10.7. The van der Waals surface area contributed by atoms with Crippen LogP contribution in [-0.2, 0) is 0 Å². The van der Waals surface area contributed by atoms with Gasteiger partial charge in [-0.3, -0.25) is 10.1 Å². The monoisotopic (exact) mass is 182 g/mol. The summed E-state index contributed by atoms with van der Waals surface area (Å²) in [4.78, 5) is 9.27. The van der Waals surface area contributed by atoms with E-state index in [1.54, 1.807) is 0 Å². The van der Waals surface area contributed by atoms with E-state index in [4.69, 9.17) is 5.21 Å². The van der Waals surface area contributed by atoms with Crippen molar-refractivity contribution in [2.45, 2.75) is 25.8 Å². The highest BCUT2D eigenvalue weighted by molar-refractivity contribution is 5.93. The third kappa shape index (κ3) is 1.86. The third-order valence-electron chi connectivity index (χ3n) is 1.40. The molecule has 0 radical (unpaired) electrons. The van der Waals surface area contributed by atoms with Crippen LogP contribution in [0.3, 0.4) is 0 Å². The van der Waals surface area contributed by atoms with Crippen LogP contribution >= 0.6 is 0 Å². The molecule has 1 N–H and O–H groups in total. The molecule has 70 valence electrons. The highest BCUT2D eigenvalue weighted by atomic mass is 19.3. The molecule has 0 aliphatic carbocycles. The number of nitro groups is 1. The molecule has 7 heteroatoms. The molecular weight excluding hydrogens is 174 g/mol.